The SMILES string of the molecule is CC(C)C[C@H](N)C(=O)N[C@@H](CO)C(=O)N[C@H](C(=O)N[C@H](C(=O)O)[C@@H](C)O)[C@@H](C)O. The first-order chi connectivity index (χ1) is 13.3. The third-order valence-corrected chi connectivity index (χ3v) is 3.99. The number of nitrogens with two attached hydrogens (primary N) is 1. The van der Waals surface area contributed by atoms with E-state index >= 15 is 0 Å². The van der Waals surface area contributed by atoms with Crippen molar-refractivity contribution in [3.05, 3.63) is 0 Å². The third kappa shape index (κ3) is 9.17. The summed E-state index contributed by atoms with van der Waals surface area (Å²) in [4.78, 5) is 47.8. The van der Waals surface area contributed by atoms with Crippen molar-refractivity contribution in [1.82, 2.24) is 16.0 Å². The number of aliphatic hydroxyl groups is 3. The lowest BCUT2D eigenvalue weighted by atomic mass is 10.0. The highest BCUT2D eigenvalue weighted by atomic mass is 16.4. The fourth-order valence-electron chi connectivity index (χ4n) is 2.38. The van der Waals surface area contributed by atoms with Gasteiger partial charge in [-0.3, -0.25) is 14.4 Å². The molecule has 0 aliphatic heterocycles. The van der Waals surface area contributed by atoms with Gasteiger partial charge in [0.15, 0.2) is 6.04 Å². The normalized spacial score (nSPS) is 17.4. The minimum atomic E-state index is -1.66. The van der Waals surface area contributed by atoms with Gasteiger partial charge in [0.2, 0.25) is 17.7 Å². The highest BCUT2D eigenvalue weighted by molar-refractivity contribution is 5.94. The summed E-state index contributed by atoms with van der Waals surface area (Å²) in [5, 5.41) is 44.1. The number of carboxylic acids is 1. The summed E-state index contributed by atoms with van der Waals surface area (Å²) in [6.07, 6.45) is -2.53. The van der Waals surface area contributed by atoms with Crippen LogP contribution >= 0.6 is 0 Å². The van der Waals surface area contributed by atoms with Gasteiger partial charge in [-0.1, -0.05) is 13.8 Å². The summed E-state index contributed by atoms with van der Waals surface area (Å²) in [6.45, 7) is 5.23. The van der Waals surface area contributed by atoms with Gasteiger partial charge < -0.3 is 42.1 Å². The number of hydrogen-bond acceptors (Lipinski definition) is 8. The lowest BCUT2D eigenvalue weighted by Crippen LogP contribution is -2.61. The van der Waals surface area contributed by atoms with E-state index in [-0.39, 0.29) is 5.92 Å². The van der Waals surface area contributed by atoms with Crippen molar-refractivity contribution in [2.24, 2.45) is 11.7 Å². The van der Waals surface area contributed by atoms with Gasteiger partial charge in [0.1, 0.15) is 12.1 Å². The quantitative estimate of drug-likeness (QED) is 0.158. The van der Waals surface area contributed by atoms with Gasteiger partial charge in [0.05, 0.1) is 24.9 Å². The van der Waals surface area contributed by atoms with Crippen LogP contribution in [0.3, 0.4) is 0 Å². The van der Waals surface area contributed by atoms with Crippen molar-refractivity contribution < 1.29 is 39.6 Å². The Hall–Kier alpha value is -2.28. The zero-order valence-electron chi connectivity index (χ0n) is 17.0. The van der Waals surface area contributed by atoms with E-state index in [2.05, 4.69) is 10.6 Å². The number of aliphatic hydroxyl groups excluding tert-OH is 3. The Morgan fingerprint density at radius 2 is 1.31 bits per heavy atom. The van der Waals surface area contributed by atoms with Crippen LogP contribution in [0, 0.1) is 5.92 Å². The number of hydrogen-bond donors (Lipinski definition) is 8. The third-order valence-electron chi connectivity index (χ3n) is 3.99. The van der Waals surface area contributed by atoms with Crippen LogP contribution in [-0.2, 0) is 19.2 Å². The molecule has 12 heteroatoms. The molecule has 0 aromatic heterocycles. The molecule has 168 valence electrons. The van der Waals surface area contributed by atoms with Crippen LogP contribution in [-0.4, -0.2) is 87.1 Å². The van der Waals surface area contributed by atoms with E-state index < -0.39 is 66.7 Å². The van der Waals surface area contributed by atoms with Crippen LogP contribution in [0.4, 0.5) is 0 Å². The van der Waals surface area contributed by atoms with E-state index in [0.29, 0.717) is 6.42 Å². The number of rotatable bonds is 12. The molecular formula is C17H32N4O8. The summed E-state index contributed by atoms with van der Waals surface area (Å²) in [5.41, 5.74) is 5.72. The summed E-state index contributed by atoms with van der Waals surface area (Å²) in [6, 6.07) is -5.61. The maximum atomic E-state index is 12.3. The number of carbonyl (C=O) groups excluding carboxylic acids is 3. The monoisotopic (exact) mass is 420 g/mol. The fourth-order valence-corrected chi connectivity index (χ4v) is 2.38. The second-order valence-corrected chi connectivity index (χ2v) is 7.27. The molecule has 0 aromatic carbocycles. The molecule has 0 aliphatic rings. The van der Waals surface area contributed by atoms with Crippen LogP contribution < -0.4 is 21.7 Å². The molecule has 0 aliphatic carbocycles. The van der Waals surface area contributed by atoms with Gasteiger partial charge in [-0.2, -0.15) is 0 Å². The van der Waals surface area contributed by atoms with E-state index in [1.807, 2.05) is 19.2 Å². The van der Waals surface area contributed by atoms with Crippen molar-refractivity contribution in [3.63, 3.8) is 0 Å². The lowest BCUT2D eigenvalue weighted by Gasteiger charge is -2.26. The van der Waals surface area contributed by atoms with Gasteiger partial charge in [0, 0.05) is 0 Å². The highest BCUT2D eigenvalue weighted by Gasteiger charge is 2.33. The Labute approximate surface area is 168 Å². The van der Waals surface area contributed by atoms with Crippen LogP contribution in [0.5, 0.6) is 0 Å². The maximum Gasteiger partial charge on any atom is 0.328 e. The predicted octanol–water partition coefficient (Wildman–Crippen LogP) is -3.35. The summed E-state index contributed by atoms with van der Waals surface area (Å²) < 4.78 is 0. The first-order valence-electron chi connectivity index (χ1n) is 9.18. The van der Waals surface area contributed by atoms with Crippen molar-refractivity contribution in [2.45, 2.75) is 70.5 Å². The van der Waals surface area contributed by atoms with Gasteiger partial charge in [-0.25, -0.2) is 4.79 Å². The van der Waals surface area contributed by atoms with Crippen molar-refractivity contribution >= 4 is 23.7 Å². The standard InChI is InChI=1S/C17H32N4O8/c1-7(2)5-10(18)14(25)19-11(6-22)15(26)20-12(8(3)23)16(27)21-13(9(4)24)17(28)29/h7-13,22-24H,5-6,18H2,1-4H3,(H,19,25)(H,20,26)(H,21,27)(H,28,29)/t8-,9-,10+,11+,12+,13+/m1/s1. The minimum absolute atomic E-state index is 0.122. The molecule has 0 unspecified atom stereocenters. The molecule has 0 fully saturated rings. The second kappa shape index (κ2) is 12.3. The number of carboxylic acid groups (broad SMARTS) is 1. The van der Waals surface area contributed by atoms with Gasteiger partial charge in [-0.15, -0.1) is 0 Å². The largest absolute Gasteiger partial charge is 0.480 e. The molecule has 0 rings (SSSR count). The predicted molar refractivity (Wildman–Crippen MR) is 101 cm³/mol. The minimum Gasteiger partial charge on any atom is -0.480 e. The van der Waals surface area contributed by atoms with Crippen LogP contribution in [0.1, 0.15) is 34.1 Å². The second-order valence-electron chi connectivity index (χ2n) is 7.27. The molecular weight excluding hydrogens is 388 g/mol. The molecule has 6 atom stereocenters. The number of carbonyl (C=O) groups is 4. The number of aliphatic carboxylic acids is 1. The van der Waals surface area contributed by atoms with Gasteiger partial charge in [-0.05, 0) is 26.2 Å². The Kier molecular flexibility index (Phi) is 11.3. The zero-order chi connectivity index (χ0) is 22.9. The molecule has 3 amide bonds. The molecule has 0 saturated heterocycles. The Morgan fingerprint density at radius 1 is 0.828 bits per heavy atom. The van der Waals surface area contributed by atoms with Gasteiger partial charge >= 0.3 is 5.97 Å². The molecule has 0 spiro atoms. The zero-order valence-corrected chi connectivity index (χ0v) is 17.0. The maximum absolute atomic E-state index is 12.3. The van der Waals surface area contributed by atoms with Crippen molar-refractivity contribution in [3.8, 4) is 0 Å². The van der Waals surface area contributed by atoms with Crippen LogP contribution in [0.15, 0.2) is 0 Å². The van der Waals surface area contributed by atoms with E-state index in [4.69, 9.17) is 10.8 Å². The Bertz CT molecular complexity index is 582. The molecule has 9 N–H and O–H groups in total. The molecule has 0 radical (unpaired) electrons. The number of amides is 3. The Morgan fingerprint density at radius 3 is 1.69 bits per heavy atom. The van der Waals surface area contributed by atoms with E-state index in [1.54, 1.807) is 0 Å². The van der Waals surface area contributed by atoms with Crippen molar-refractivity contribution in [1.29, 1.82) is 0 Å². The lowest BCUT2D eigenvalue weighted by molar-refractivity contribution is -0.146. The molecule has 0 saturated carbocycles. The summed E-state index contributed by atoms with van der Waals surface area (Å²) in [7, 11) is 0. The average molecular weight is 420 g/mol. The molecule has 0 bridgehead atoms. The van der Waals surface area contributed by atoms with Gasteiger partial charge in [0.25, 0.3) is 0 Å². The van der Waals surface area contributed by atoms with E-state index in [1.165, 1.54) is 6.92 Å². The smallest absolute Gasteiger partial charge is 0.328 e. The average Bonchev–Trinajstić information content (AvgIpc) is 2.59. The molecule has 0 heterocycles. The first kappa shape index (κ1) is 26.7. The Balaban J connectivity index is 5.16. The van der Waals surface area contributed by atoms with Crippen LogP contribution in [0.25, 0.3) is 0 Å². The first-order valence-corrected chi connectivity index (χ1v) is 9.18. The summed E-state index contributed by atoms with van der Waals surface area (Å²) >= 11 is 0. The van der Waals surface area contributed by atoms with E-state index in [9.17, 15) is 34.5 Å². The molecule has 12 nitrogen and oxygen atoms in total. The van der Waals surface area contributed by atoms with E-state index in [0.717, 1.165) is 6.92 Å². The summed E-state index contributed by atoms with van der Waals surface area (Å²) in [5.74, 6) is -4.12. The number of nitrogens with one attached hydrogen (secondary N) is 3. The molecule has 29 heavy (non-hydrogen) atoms. The van der Waals surface area contributed by atoms with Crippen molar-refractivity contribution in [2.75, 3.05) is 6.61 Å². The topological polar surface area (TPSA) is 211 Å². The molecule has 0 aromatic rings. The van der Waals surface area contributed by atoms with Crippen LogP contribution in [0.2, 0.25) is 0 Å². The highest BCUT2D eigenvalue weighted by Crippen LogP contribution is 2.03. The fraction of sp³-hybridized carbons (Fsp3) is 0.765.